The second-order valence-corrected chi connectivity index (χ2v) is 6.94. The summed E-state index contributed by atoms with van der Waals surface area (Å²) in [5, 5.41) is 12.8. The van der Waals surface area contributed by atoms with Gasteiger partial charge in [0.2, 0.25) is 5.89 Å². The van der Waals surface area contributed by atoms with Crippen molar-refractivity contribution in [3.63, 3.8) is 0 Å². The smallest absolute Gasteiger partial charge is 0.306 e. The third-order valence-electron chi connectivity index (χ3n) is 4.17. The molecule has 132 valence electrons. The number of hydrogen-bond acceptors (Lipinski definition) is 6. The number of thioether (sulfide) groups is 1. The van der Waals surface area contributed by atoms with Crippen LogP contribution in [0.4, 0.5) is 0 Å². The lowest BCUT2D eigenvalue weighted by Gasteiger charge is -2.30. The highest BCUT2D eigenvalue weighted by molar-refractivity contribution is 7.98. The van der Waals surface area contributed by atoms with Crippen LogP contribution in [0.1, 0.15) is 34.9 Å². The van der Waals surface area contributed by atoms with Crippen molar-refractivity contribution in [1.29, 1.82) is 0 Å². The largest absolute Gasteiger partial charge is 0.481 e. The lowest BCUT2D eigenvalue weighted by Crippen LogP contribution is -2.40. The fraction of sp³-hybridized carbons (Fsp3) is 0.412. The number of nitrogens with zero attached hydrogens (tertiary/aromatic N) is 3. The maximum atomic E-state index is 12.8. The molecule has 1 aromatic heterocycles. The zero-order chi connectivity index (χ0) is 17.8. The summed E-state index contributed by atoms with van der Waals surface area (Å²) in [4.78, 5) is 30.6. The average Bonchev–Trinajstić information content (AvgIpc) is 3.05. The van der Waals surface area contributed by atoms with Crippen molar-refractivity contribution >= 4 is 23.6 Å². The third kappa shape index (κ3) is 4.19. The summed E-state index contributed by atoms with van der Waals surface area (Å²) in [7, 11) is 0. The maximum absolute atomic E-state index is 12.8. The molecular formula is C17H19N3O4S. The minimum absolute atomic E-state index is 0.0614. The van der Waals surface area contributed by atoms with Gasteiger partial charge in [0.05, 0.1) is 17.2 Å². The van der Waals surface area contributed by atoms with Gasteiger partial charge in [0.1, 0.15) is 0 Å². The van der Waals surface area contributed by atoms with Gasteiger partial charge < -0.3 is 14.5 Å². The number of aliphatic carboxylic acids is 1. The lowest BCUT2D eigenvalue weighted by molar-refractivity contribution is -0.143. The summed E-state index contributed by atoms with van der Waals surface area (Å²) in [5.74, 6) is 0.404. The van der Waals surface area contributed by atoms with Gasteiger partial charge >= 0.3 is 5.97 Å². The zero-order valence-corrected chi connectivity index (χ0v) is 14.7. The molecule has 2 heterocycles. The standard InChI is InChI=1S/C17H19N3O4S/c1-11-18-15(24-19-11)10-25-14-5-3-2-4-13(14)16(21)20-8-6-12(7-9-20)17(22)23/h2-5,12H,6-10H2,1H3,(H,22,23). The van der Waals surface area contributed by atoms with Crippen LogP contribution in [0, 0.1) is 12.8 Å². The summed E-state index contributed by atoms with van der Waals surface area (Å²) >= 11 is 1.47. The number of aromatic nitrogens is 2. The van der Waals surface area contributed by atoms with Crippen molar-refractivity contribution in [2.45, 2.75) is 30.4 Å². The van der Waals surface area contributed by atoms with Gasteiger partial charge in [-0.05, 0) is 31.9 Å². The van der Waals surface area contributed by atoms with Gasteiger partial charge in [0.15, 0.2) is 5.82 Å². The van der Waals surface area contributed by atoms with Gasteiger partial charge in [0.25, 0.3) is 5.91 Å². The average molecular weight is 361 g/mol. The van der Waals surface area contributed by atoms with E-state index in [1.807, 2.05) is 18.2 Å². The Balaban J connectivity index is 1.67. The summed E-state index contributed by atoms with van der Waals surface area (Å²) in [6.07, 6.45) is 0.995. The molecule has 7 nitrogen and oxygen atoms in total. The van der Waals surface area contributed by atoms with Gasteiger partial charge in [-0.1, -0.05) is 17.3 Å². The highest BCUT2D eigenvalue weighted by Gasteiger charge is 2.28. The first-order chi connectivity index (χ1) is 12.0. The number of carbonyl (C=O) groups is 2. The molecule has 0 spiro atoms. The zero-order valence-electron chi connectivity index (χ0n) is 13.8. The molecule has 8 heteroatoms. The molecule has 1 saturated heterocycles. The molecule has 1 aliphatic heterocycles. The van der Waals surface area contributed by atoms with Gasteiger partial charge in [-0.2, -0.15) is 4.98 Å². The predicted octanol–water partition coefficient (Wildman–Crippen LogP) is 2.61. The first kappa shape index (κ1) is 17.5. The Hall–Kier alpha value is -2.35. The van der Waals surface area contributed by atoms with Gasteiger partial charge in [-0.3, -0.25) is 9.59 Å². The molecule has 0 aliphatic carbocycles. The number of carboxylic acid groups (broad SMARTS) is 1. The second kappa shape index (κ2) is 7.69. The van der Waals surface area contributed by atoms with E-state index in [-0.39, 0.29) is 11.8 Å². The molecule has 0 atom stereocenters. The van der Waals surface area contributed by atoms with Crippen molar-refractivity contribution in [2.24, 2.45) is 5.92 Å². The molecule has 1 N–H and O–H groups in total. The number of piperidine rings is 1. The molecular weight excluding hydrogens is 342 g/mol. The Morgan fingerprint density at radius 2 is 2.04 bits per heavy atom. The minimum Gasteiger partial charge on any atom is -0.481 e. The van der Waals surface area contributed by atoms with Crippen LogP contribution < -0.4 is 0 Å². The molecule has 1 fully saturated rings. The molecule has 3 rings (SSSR count). The Kier molecular flexibility index (Phi) is 5.37. The summed E-state index contributed by atoms with van der Waals surface area (Å²) < 4.78 is 5.10. The van der Waals surface area contributed by atoms with E-state index in [1.165, 1.54) is 11.8 Å². The van der Waals surface area contributed by atoms with E-state index in [4.69, 9.17) is 9.63 Å². The third-order valence-corrected chi connectivity index (χ3v) is 5.23. The SMILES string of the molecule is Cc1noc(CSc2ccccc2C(=O)N2CCC(C(=O)O)CC2)n1. The van der Waals surface area contributed by atoms with Crippen LogP contribution in [0.3, 0.4) is 0 Å². The number of likely N-dealkylation sites (tertiary alicyclic amines) is 1. The molecule has 0 unspecified atom stereocenters. The quantitative estimate of drug-likeness (QED) is 0.818. The molecule has 1 aliphatic rings. The molecule has 0 radical (unpaired) electrons. The first-order valence-electron chi connectivity index (χ1n) is 8.07. The molecule has 1 amide bonds. The topological polar surface area (TPSA) is 96.5 Å². The summed E-state index contributed by atoms with van der Waals surface area (Å²) in [6.45, 7) is 2.70. The summed E-state index contributed by atoms with van der Waals surface area (Å²) in [6, 6.07) is 7.41. The molecule has 1 aromatic carbocycles. The van der Waals surface area contributed by atoms with Crippen LogP contribution >= 0.6 is 11.8 Å². The van der Waals surface area contributed by atoms with Crippen molar-refractivity contribution < 1.29 is 19.2 Å². The second-order valence-electron chi connectivity index (χ2n) is 5.92. The van der Waals surface area contributed by atoms with E-state index in [0.717, 1.165) is 4.90 Å². The van der Waals surface area contributed by atoms with Crippen molar-refractivity contribution in [3.05, 3.63) is 41.5 Å². The highest BCUT2D eigenvalue weighted by atomic mass is 32.2. The van der Waals surface area contributed by atoms with Crippen LogP contribution in [0.25, 0.3) is 0 Å². The van der Waals surface area contributed by atoms with Gasteiger partial charge in [0, 0.05) is 18.0 Å². The maximum Gasteiger partial charge on any atom is 0.306 e. The number of aryl methyl sites for hydroxylation is 1. The van der Waals surface area contributed by atoms with E-state index >= 15 is 0 Å². The first-order valence-corrected chi connectivity index (χ1v) is 9.06. The minimum atomic E-state index is -0.780. The number of benzene rings is 1. The number of carboxylic acids is 1. The number of amides is 1. The highest BCUT2D eigenvalue weighted by Crippen LogP contribution is 2.28. The van der Waals surface area contributed by atoms with Crippen LogP contribution in [0.15, 0.2) is 33.7 Å². The normalized spacial score (nSPS) is 15.3. The predicted molar refractivity (Wildman–Crippen MR) is 91.3 cm³/mol. The van der Waals surface area contributed by atoms with E-state index < -0.39 is 5.97 Å². The Morgan fingerprint density at radius 3 is 2.68 bits per heavy atom. The monoisotopic (exact) mass is 361 g/mol. The van der Waals surface area contributed by atoms with Crippen LogP contribution in [0.2, 0.25) is 0 Å². The number of rotatable bonds is 5. The number of hydrogen-bond donors (Lipinski definition) is 1. The Morgan fingerprint density at radius 1 is 1.32 bits per heavy atom. The van der Waals surface area contributed by atoms with Crippen LogP contribution in [-0.4, -0.2) is 45.1 Å². The van der Waals surface area contributed by atoms with Gasteiger partial charge in [-0.25, -0.2) is 0 Å². The fourth-order valence-corrected chi connectivity index (χ4v) is 3.69. The van der Waals surface area contributed by atoms with Crippen molar-refractivity contribution in [2.75, 3.05) is 13.1 Å². The van der Waals surface area contributed by atoms with E-state index in [9.17, 15) is 9.59 Å². The Bertz CT molecular complexity index is 769. The molecule has 25 heavy (non-hydrogen) atoms. The summed E-state index contributed by atoms with van der Waals surface area (Å²) in [5.41, 5.74) is 0.623. The van der Waals surface area contributed by atoms with E-state index in [2.05, 4.69) is 10.1 Å². The van der Waals surface area contributed by atoms with E-state index in [1.54, 1.807) is 17.9 Å². The molecule has 2 aromatic rings. The van der Waals surface area contributed by atoms with Gasteiger partial charge in [-0.15, -0.1) is 11.8 Å². The lowest BCUT2D eigenvalue weighted by atomic mass is 9.96. The fourth-order valence-electron chi connectivity index (χ4n) is 2.81. The van der Waals surface area contributed by atoms with Crippen molar-refractivity contribution in [1.82, 2.24) is 15.0 Å². The Labute approximate surface area is 149 Å². The van der Waals surface area contributed by atoms with E-state index in [0.29, 0.717) is 49.0 Å². The van der Waals surface area contributed by atoms with Crippen molar-refractivity contribution in [3.8, 4) is 0 Å². The molecule has 0 bridgehead atoms. The van der Waals surface area contributed by atoms with Crippen LogP contribution in [-0.2, 0) is 10.5 Å². The van der Waals surface area contributed by atoms with Crippen LogP contribution in [0.5, 0.6) is 0 Å². The molecule has 0 saturated carbocycles. The number of carbonyl (C=O) groups excluding carboxylic acids is 1.